The van der Waals surface area contributed by atoms with Crippen LogP contribution >= 0.6 is 0 Å². The van der Waals surface area contributed by atoms with E-state index in [1.54, 1.807) is 30.3 Å². The van der Waals surface area contributed by atoms with Gasteiger partial charge in [0, 0.05) is 12.0 Å². The minimum atomic E-state index is -1.07. The van der Waals surface area contributed by atoms with Crippen LogP contribution in [0.3, 0.4) is 0 Å². The average molecular weight is 327 g/mol. The van der Waals surface area contributed by atoms with Gasteiger partial charge in [-0.15, -0.1) is 0 Å². The van der Waals surface area contributed by atoms with E-state index in [2.05, 4.69) is 0 Å². The number of nitrogens with two attached hydrogens (primary N) is 1. The Morgan fingerprint density at radius 1 is 1.08 bits per heavy atom. The van der Waals surface area contributed by atoms with E-state index in [-0.39, 0.29) is 13.2 Å². The normalized spacial score (nSPS) is 13.3. The zero-order chi connectivity index (χ0) is 16.9. The van der Waals surface area contributed by atoms with Gasteiger partial charge in [-0.1, -0.05) is 36.4 Å². The van der Waals surface area contributed by atoms with Gasteiger partial charge in [0.2, 0.25) is 12.9 Å². The van der Waals surface area contributed by atoms with Crippen molar-refractivity contribution >= 4 is 11.9 Å². The molecule has 0 spiro atoms. The van der Waals surface area contributed by atoms with E-state index in [9.17, 15) is 9.59 Å². The largest absolute Gasteiger partial charge is 0.454 e. The van der Waals surface area contributed by atoms with Crippen LogP contribution in [0, 0.1) is 0 Å². The highest BCUT2D eigenvalue weighted by molar-refractivity contribution is 5.83. The summed E-state index contributed by atoms with van der Waals surface area (Å²) in [7, 11) is 0. The molecule has 0 unspecified atom stereocenters. The third kappa shape index (κ3) is 3.65. The average Bonchev–Trinajstić information content (AvgIpc) is 3.06. The molecule has 2 aromatic rings. The molecule has 6 nitrogen and oxygen atoms in total. The molecule has 3 rings (SSSR count). The van der Waals surface area contributed by atoms with E-state index < -0.39 is 18.0 Å². The molecule has 0 aliphatic carbocycles. The number of primary amides is 1. The summed E-state index contributed by atoms with van der Waals surface area (Å²) in [5.74, 6) is 0.178. The summed E-state index contributed by atoms with van der Waals surface area (Å²) in [6.45, 7) is 0.207. The van der Waals surface area contributed by atoms with Crippen LogP contribution in [-0.4, -0.2) is 18.7 Å². The first kappa shape index (κ1) is 15.9. The van der Waals surface area contributed by atoms with Gasteiger partial charge in [0.05, 0.1) is 0 Å². The van der Waals surface area contributed by atoms with Crippen LogP contribution in [0.25, 0.3) is 0 Å². The Hall–Kier alpha value is -3.02. The third-order valence-corrected chi connectivity index (χ3v) is 3.66. The minimum Gasteiger partial charge on any atom is -0.454 e. The summed E-state index contributed by atoms with van der Waals surface area (Å²) in [5.41, 5.74) is 6.82. The van der Waals surface area contributed by atoms with Crippen molar-refractivity contribution < 1.29 is 23.8 Å². The topological polar surface area (TPSA) is 87.9 Å². The first-order valence-corrected chi connectivity index (χ1v) is 7.56. The first-order valence-electron chi connectivity index (χ1n) is 7.56. The minimum absolute atomic E-state index is 0.135. The maximum atomic E-state index is 12.1. The van der Waals surface area contributed by atoms with Crippen molar-refractivity contribution in [2.24, 2.45) is 5.73 Å². The highest BCUT2D eigenvalue weighted by Gasteiger charge is 2.22. The number of amides is 1. The smallest absolute Gasteiger partial charge is 0.307 e. The van der Waals surface area contributed by atoms with Gasteiger partial charge in [-0.2, -0.15) is 0 Å². The molecule has 1 aliphatic heterocycles. The molecular formula is C18H17NO5. The number of aryl methyl sites for hydroxylation is 1. The summed E-state index contributed by atoms with van der Waals surface area (Å²) < 4.78 is 15.8. The van der Waals surface area contributed by atoms with Crippen molar-refractivity contribution in [3.63, 3.8) is 0 Å². The van der Waals surface area contributed by atoms with Crippen molar-refractivity contribution in [1.29, 1.82) is 0 Å². The van der Waals surface area contributed by atoms with Gasteiger partial charge in [-0.3, -0.25) is 9.59 Å². The van der Waals surface area contributed by atoms with Crippen LogP contribution < -0.4 is 15.2 Å². The number of carbonyl (C=O) groups is 2. The summed E-state index contributed by atoms with van der Waals surface area (Å²) >= 11 is 0. The van der Waals surface area contributed by atoms with E-state index in [1.807, 2.05) is 18.2 Å². The maximum absolute atomic E-state index is 12.1. The number of rotatable bonds is 6. The highest BCUT2D eigenvalue weighted by atomic mass is 16.7. The lowest BCUT2D eigenvalue weighted by molar-refractivity contribution is -0.155. The fourth-order valence-electron chi connectivity index (χ4n) is 2.45. The van der Waals surface area contributed by atoms with Gasteiger partial charge in [-0.05, 0) is 24.1 Å². The Balaban J connectivity index is 1.59. The van der Waals surface area contributed by atoms with Gasteiger partial charge in [0.15, 0.2) is 11.5 Å². The number of esters is 1. The van der Waals surface area contributed by atoms with Crippen LogP contribution in [0.4, 0.5) is 0 Å². The summed E-state index contributed by atoms with van der Waals surface area (Å²) in [6.07, 6.45) is -0.470. The van der Waals surface area contributed by atoms with Crippen molar-refractivity contribution in [2.75, 3.05) is 6.79 Å². The summed E-state index contributed by atoms with van der Waals surface area (Å²) in [6, 6.07) is 14.2. The molecule has 0 saturated heterocycles. The lowest BCUT2D eigenvalue weighted by Crippen LogP contribution is -2.26. The van der Waals surface area contributed by atoms with Crippen LogP contribution in [0.1, 0.15) is 23.7 Å². The van der Waals surface area contributed by atoms with Gasteiger partial charge in [0.1, 0.15) is 0 Å². The molecule has 0 saturated carbocycles. The zero-order valence-electron chi connectivity index (χ0n) is 12.9. The predicted octanol–water partition coefficient (Wildman–Crippen LogP) is 2.12. The van der Waals surface area contributed by atoms with Crippen molar-refractivity contribution in [2.45, 2.75) is 18.9 Å². The Kier molecular flexibility index (Phi) is 4.65. The van der Waals surface area contributed by atoms with Crippen molar-refractivity contribution in [3.8, 4) is 11.5 Å². The van der Waals surface area contributed by atoms with Gasteiger partial charge in [-0.25, -0.2) is 0 Å². The number of benzene rings is 2. The molecule has 0 radical (unpaired) electrons. The third-order valence-electron chi connectivity index (χ3n) is 3.66. The van der Waals surface area contributed by atoms with E-state index in [1.165, 1.54) is 0 Å². The number of fused-ring (bicyclic) bond motifs is 1. The molecule has 6 heteroatoms. The molecule has 24 heavy (non-hydrogen) atoms. The van der Waals surface area contributed by atoms with Crippen LogP contribution in [-0.2, 0) is 20.7 Å². The lowest BCUT2D eigenvalue weighted by atomic mass is 10.1. The number of carbonyl (C=O) groups excluding carboxylic acids is 2. The molecular weight excluding hydrogens is 310 g/mol. The number of hydrogen-bond acceptors (Lipinski definition) is 5. The second-order valence-electron chi connectivity index (χ2n) is 5.37. The fraction of sp³-hybridized carbons (Fsp3) is 0.222. The standard InChI is InChI=1S/C18H17NO5/c19-18(21)17(13-4-2-1-3-5-13)24-16(20)9-7-12-6-8-14-15(10-12)23-11-22-14/h1-6,8,10,17H,7,9,11H2,(H2,19,21)/t17-/m0/s1. The molecule has 1 atom stereocenters. The van der Waals surface area contributed by atoms with Crippen LogP contribution in [0.5, 0.6) is 11.5 Å². The molecule has 124 valence electrons. The fourth-order valence-corrected chi connectivity index (χ4v) is 2.45. The van der Waals surface area contributed by atoms with E-state index >= 15 is 0 Å². The molecule has 0 fully saturated rings. The Morgan fingerprint density at radius 2 is 1.83 bits per heavy atom. The van der Waals surface area contributed by atoms with E-state index in [4.69, 9.17) is 19.9 Å². The summed E-state index contributed by atoms with van der Waals surface area (Å²) in [5, 5.41) is 0. The first-order chi connectivity index (χ1) is 11.6. The monoisotopic (exact) mass is 327 g/mol. The molecule has 1 heterocycles. The SMILES string of the molecule is NC(=O)[C@@H](OC(=O)CCc1ccc2c(c1)OCO2)c1ccccc1. The van der Waals surface area contributed by atoms with E-state index in [0.717, 1.165) is 5.56 Å². The lowest BCUT2D eigenvalue weighted by Gasteiger charge is -2.15. The molecule has 1 amide bonds. The molecule has 2 N–H and O–H groups in total. The molecule has 2 aromatic carbocycles. The van der Waals surface area contributed by atoms with Gasteiger partial charge in [0.25, 0.3) is 5.91 Å². The summed E-state index contributed by atoms with van der Waals surface area (Å²) in [4.78, 5) is 23.6. The number of hydrogen-bond donors (Lipinski definition) is 1. The van der Waals surface area contributed by atoms with Crippen LogP contribution in [0.15, 0.2) is 48.5 Å². The maximum Gasteiger partial charge on any atom is 0.307 e. The second kappa shape index (κ2) is 7.04. The van der Waals surface area contributed by atoms with Crippen LogP contribution in [0.2, 0.25) is 0 Å². The Labute approximate surface area is 139 Å². The Morgan fingerprint density at radius 3 is 2.58 bits per heavy atom. The van der Waals surface area contributed by atoms with E-state index in [0.29, 0.717) is 23.5 Å². The zero-order valence-corrected chi connectivity index (χ0v) is 12.9. The van der Waals surface area contributed by atoms with Crippen molar-refractivity contribution in [1.82, 2.24) is 0 Å². The Bertz CT molecular complexity index is 744. The van der Waals surface area contributed by atoms with Gasteiger partial charge >= 0.3 is 5.97 Å². The second-order valence-corrected chi connectivity index (χ2v) is 5.37. The highest BCUT2D eigenvalue weighted by Crippen LogP contribution is 2.32. The molecule has 0 bridgehead atoms. The predicted molar refractivity (Wildman–Crippen MR) is 85.4 cm³/mol. The van der Waals surface area contributed by atoms with Gasteiger partial charge < -0.3 is 19.9 Å². The quantitative estimate of drug-likeness (QED) is 0.821. The molecule has 1 aliphatic rings. The van der Waals surface area contributed by atoms with Crippen molar-refractivity contribution in [3.05, 3.63) is 59.7 Å². The number of ether oxygens (including phenoxy) is 3. The molecule has 0 aromatic heterocycles.